The van der Waals surface area contributed by atoms with Gasteiger partial charge in [0.05, 0.1) is 11.1 Å². The Kier molecular flexibility index (Phi) is 9.15. The summed E-state index contributed by atoms with van der Waals surface area (Å²) in [5.74, 6) is 0.794. The molecule has 0 spiro atoms. The van der Waals surface area contributed by atoms with Gasteiger partial charge in [0.15, 0.2) is 6.61 Å². The largest absolute Gasteiger partial charge is 0.483 e. The predicted molar refractivity (Wildman–Crippen MR) is 139 cm³/mol. The Morgan fingerprint density at radius 1 is 1.08 bits per heavy atom. The van der Waals surface area contributed by atoms with Crippen molar-refractivity contribution in [1.29, 1.82) is 0 Å². The van der Waals surface area contributed by atoms with Gasteiger partial charge >= 0.3 is 0 Å². The first-order chi connectivity index (χ1) is 17.6. The molecule has 0 aliphatic carbocycles. The van der Waals surface area contributed by atoms with Crippen LogP contribution in [-0.4, -0.2) is 35.6 Å². The van der Waals surface area contributed by atoms with Crippen molar-refractivity contribution < 1.29 is 23.7 Å². The number of nitro benzene ring substituents is 1. The molecule has 3 rings (SSSR count). The number of benzene rings is 2. The minimum absolute atomic E-state index is 0.0142. The van der Waals surface area contributed by atoms with E-state index in [9.17, 15) is 19.7 Å². The van der Waals surface area contributed by atoms with Crippen molar-refractivity contribution in [1.82, 2.24) is 10.7 Å². The van der Waals surface area contributed by atoms with Crippen molar-refractivity contribution >= 4 is 23.7 Å². The van der Waals surface area contributed by atoms with E-state index in [1.165, 1.54) is 18.3 Å². The predicted octanol–water partition coefficient (Wildman–Crippen LogP) is 4.53. The highest BCUT2D eigenvalue weighted by molar-refractivity contribution is 5.89. The number of rotatable bonds is 11. The van der Waals surface area contributed by atoms with Crippen LogP contribution in [0.15, 0.2) is 64.1 Å². The van der Waals surface area contributed by atoms with Gasteiger partial charge in [0.2, 0.25) is 0 Å². The molecule has 0 saturated carbocycles. The number of ether oxygens (including phenoxy) is 1. The average molecular weight is 507 g/mol. The second kappa shape index (κ2) is 12.5. The number of hydrogen-bond donors (Lipinski definition) is 2. The SMILES string of the molecule is Cc1cccc(C)c1OCC(=O)N[C@@H](CC(C)C)C(=O)N/N=C\c1ccc(-c2ccc([N+](=O)[O-])cc2)o1. The quantitative estimate of drug-likeness (QED) is 0.223. The first-order valence-electron chi connectivity index (χ1n) is 11.8. The summed E-state index contributed by atoms with van der Waals surface area (Å²) in [5.41, 5.74) is 4.94. The Morgan fingerprint density at radius 2 is 1.76 bits per heavy atom. The molecule has 2 aromatic carbocycles. The van der Waals surface area contributed by atoms with Crippen molar-refractivity contribution in [2.45, 2.75) is 40.2 Å². The van der Waals surface area contributed by atoms with Crippen LogP contribution in [0.25, 0.3) is 11.3 Å². The molecule has 0 bridgehead atoms. The zero-order valence-electron chi connectivity index (χ0n) is 21.2. The standard InChI is InChI=1S/C27H30N4O6/c1-17(2)14-23(29-25(32)16-36-26-18(3)6-5-7-19(26)4)27(33)30-28-15-22-12-13-24(37-22)20-8-10-21(11-9-20)31(34)35/h5-13,15,17,23H,14,16H2,1-4H3,(H,29,32)(H,30,33)/b28-15-/t23-/m0/s1. The molecule has 0 fully saturated rings. The fourth-order valence-corrected chi connectivity index (χ4v) is 3.67. The summed E-state index contributed by atoms with van der Waals surface area (Å²) >= 11 is 0. The number of nitro groups is 1. The number of amides is 2. The molecule has 10 nitrogen and oxygen atoms in total. The normalized spacial score (nSPS) is 11.9. The molecule has 10 heteroatoms. The average Bonchev–Trinajstić information content (AvgIpc) is 3.32. The highest BCUT2D eigenvalue weighted by atomic mass is 16.6. The summed E-state index contributed by atoms with van der Waals surface area (Å²) in [6.45, 7) is 7.49. The lowest BCUT2D eigenvalue weighted by Crippen LogP contribution is -2.47. The van der Waals surface area contributed by atoms with Gasteiger partial charge in [0.25, 0.3) is 17.5 Å². The van der Waals surface area contributed by atoms with Crippen LogP contribution < -0.4 is 15.5 Å². The van der Waals surface area contributed by atoms with Crippen LogP contribution in [0.5, 0.6) is 5.75 Å². The van der Waals surface area contributed by atoms with Crippen molar-refractivity contribution in [2.75, 3.05) is 6.61 Å². The number of carbonyl (C=O) groups is 2. The third-order valence-electron chi connectivity index (χ3n) is 5.47. The van der Waals surface area contributed by atoms with Crippen LogP contribution in [0.2, 0.25) is 0 Å². The Balaban J connectivity index is 1.57. The molecule has 1 atom stereocenters. The Bertz CT molecular complexity index is 1260. The first-order valence-corrected chi connectivity index (χ1v) is 11.8. The number of carbonyl (C=O) groups excluding carboxylic acids is 2. The van der Waals surface area contributed by atoms with E-state index >= 15 is 0 Å². The first kappa shape index (κ1) is 27.1. The summed E-state index contributed by atoms with van der Waals surface area (Å²) in [4.78, 5) is 35.6. The van der Waals surface area contributed by atoms with Crippen molar-refractivity contribution in [3.8, 4) is 17.1 Å². The third-order valence-corrected chi connectivity index (χ3v) is 5.47. The van der Waals surface area contributed by atoms with Gasteiger partial charge in [-0.25, -0.2) is 5.43 Å². The van der Waals surface area contributed by atoms with Crippen molar-refractivity contribution in [3.63, 3.8) is 0 Å². The van der Waals surface area contributed by atoms with Gasteiger partial charge in [-0.2, -0.15) is 5.10 Å². The molecule has 3 aromatic rings. The number of para-hydroxylation sites is 1. The monoisotopic (exact) mass is 506 g/mol. The zero-order chi connectivity index (χ0) is 26.9. The summed E-state index contributed by atoms with van der Waals surface area (Å²) in [6, 6.07) is 14.2. The van der Waals surface area contributed by atoms with Crippen LogP contribution in [0.1, 0.15) is 37.2 Å². The fourth-order valence-electron chi connectivity index (χ4n) is 3.67. The third kappa shape index (κ3) is 7.76. The maximum atomic E-state index is 12.7. The molecule has 0 unspecified atom stereocenters. The van der Waals surface area contributed by atoms with Gasteiger partial charge in [-0.15, -0.1) is 0 Å². The van der Waals surface area contributed by atoms with Crippen LogP contribution in [0.3, 0.4) is 0 Å². The number of nitrogens with zero attached hydrogens (tertiary/aromatic N) is 2. The number of aryl methyl sites for hydroxylation is 2. The maximum Gasteiger partial charge on any atom is 0.269 e. The molecule has 194 valence electrons. The van der Waals surface area contributed by atoms with E-state index in [1.54, 1.807) is 24.3 Å². The molecule has 0 aliphatic heterocycles. The lowest BCUT2D eigenvalue weighted by atomic mass is 10.0. The Morgan fingerprint density at radius 3 is 2.38 bits per heavy atom. The number of nitrogens with one attached hydrogen (secondary N) is 2. The van der Waals surface area contributed by atoms with Crippen molar-refractivity contribution in [3.05, 3.63) is 81.6 Å². The van der Waals surface area contributed by atoms with E-state index in [1.807, 2.05) is 45.9 Å². The Labute approximate surface area is 214 Å². The van der Waals surface area contributed by atoms with Crippen LogP contribution in [-0.2, 0) is 9.59 Å². The molecule has 2 N–H and O–H groups in total. The van der Waals surface area contributed by atoms with Gasteiger partial charge in [0, 0.05) is 17.7 Å². The molecular weight excluding hydrogens is 476 g/mol. The Hall–Kier alpha value is -4.47. The second-order valence-electron chi connectivity index (χ2n) is 9.00. The highest BCUT2D eigenvalue weighted by Gasteiger charge is 2.22. The van der Waals surface area contributed by atoms with E-state index in [2.05, 4.69) is 15.8 Å². The molecule has 37 heavy (non-hydrogen) atoms. The molecule has 2 amide bonds. The smallest absolute Gasteiger partial charge is 0.269 e. The molecular formula is C27H30N4O6. The van der Waals surface area contributed by atoms with E-state index in [-0.39, 0.29) is 18.2 Å². The molecule has 0 aliphatic rings. The van der Waals surface area contributed by atoms with E-state index in [0.29, 0.717) is 29.3 Å². The van der Waals surface area contributed by atoms with Crippen LogP contribution >= 0.6 is 0 Å². The van der Waals surface area contributed by atoms with Crippen molar-refractivity contribution in [2.24, 2.45) is 11.0 Å². The lowest BCUT2D eigenvalue weighted by Gasteiger charge is -2.19. The molecule has 1 heterocycles. The minimum atomic E-state index is -0.793. The second-order valence-corrected chi connectivity index (χ2v) is 9.00. The van der Waals surface area contributed by atoms with E-state index < -0.39 is 22.8 Å². The summed E-state index contributed by atoms with van der Waals surface area (Å²) in [6.07, 6.45) is 1.76. The number of furan rings is 1. The summed E-state index contributed by atoms with van der Waals surface area (Å²) in [7, 11) is 0. The van der Waals surface area contributed by atoms with Gasteiger partial charge in [-0.1, -0.05) is 32.0 Å². The van der Waals surface area contributed by atoms with Gasteiger partial charge < -0.3 is 14.5 Å². The summed E-state index contributed by atoms with van der Waals surface area (Å²) < 4.78 is 11.4. The van der Waals surface area contributed by atoms with E-state index in [4.69, 9.17) is 9.15 Å². The molecule has 0 radical (unpaired) electrons. The maximum absolute atomic E-state index is 12.7. The fraction of sp³-hybridized carbons (Fsp3) is 0.296. The van der Waals surface area contributed by atoms with E-state index in [0.717, 1.165) is 11.1 Å². The number of hydrazone groups is 1. The van der Waals surface area contributed by atoms with Gasteiger partial charge in [0.1, 0.15) is 23.3 Å². The highest BCUT2D eigenvalue weighted by Crippen LogP contribution is 2.24. The number of hydrogen-bond acceptors (Lipinski definition) is 7. The zero-order valence-corrected chi connectivity index (χ0v) is 21.2. The lowest BCUT2D eigenvalue weighted by molar-refractivity contribution is -0.384. The van der Waals surface area contributed by atoms with Gasteiger partial charge in [-0.3, -0.25) is 19.7 Å². The van der Waals surface area contributed by atoms with Gasteiger partial charge in [-0.05, 0) is 61.6 Å². The molecule has 0 saturated heterocycles. The van der Waals surface area contributed by atoms with Crippen LogP contribution in [0, 0.1) is 29.9 Å². The van der Waals surface area contributed by atoms with Crippen LogP contribution in [0.4, 0.5) is 5.69 Å². The number of non-ortho nitro benzene ring substituents is 1. The minimum Gasteiger partial charge on any atom is -0.483 e. The topological polar surface area (TPSA) is 136 Å². The molecule has 1 aromatic heterocycles. The summed E-state index contributed by atoms with van der Waals surface area (Å²) in [5, 5.41) is 17.5.